The van der Waals surface area contributed by atoms with Crippen LogP contribution in [0.1, 0.15) is 22.3 Å². The molecule has 1 heterocycles. The SMILES string of the molecule is CO/C=C/c1cc2c(c(-c3ccccc3)c1)CN(C(=O)OCc1ccccc1)C2. The van der Waals surface area contributed by atoms with Crippen molar-refractivity contribution in [3.8, 4) is 11.1 Å². The number of amides is 1. The molecular weight excluding hydrogens is 362 g/mol. The zero-order valence-electron chi connectivity index (χ0n) is 16.4. The van der Waals surface area contributed by atoms with Gasteiger partial charge in [-0.05, 0) is 51.6 Å². The summed E-state index contributed by atoms with van der Waals surface area (Å²) in [5.41, 5.74) is 6.60. The van der Waals surface area contributed by atoms with Crippen LogP contribution < -0.4 is 0 Å². The third-order valence-electron chi connectivity index (χ3n) is 5.02. The van der Waals surface area contributed by atoms with Gasteiger partial charge < -0.3 is 9.47 Å². The van der Waals surface area contributed by atoms with Crippen LogP contribution in [0.3, 0.4) is 0 Å². The monoisotopic (exact) mass is 385 g/mol. The summed E-state index contributed by atoms with van der Waals surface area (Å²) >= 11 is 0. The summed E-state index contributed by atoms with van der Waals surface area (Å²) in [7, 11) is 1.63. The molecule has 4 heteroatoms. The van der Waals surface area contributed by atoms with Crippen LogP contribution in [0.25, 0.3) is 17.2 Å². The Labute approximate surface area is 171 Å². The molecule has 0 N–H and O–H groups in total. The smallest absolute Gasteiger partial charge is 0.410 e. The lowest BCUT2D eigenvalue weighted by Crippen LogP contribution is -2.26. The molecule has 0 aliphatic carbocycles. The minimum Gasteiger partial charge on any atom is -0.504 e. The minimum absolute atomic E-state index is 0.278. The fourth-order valence-electron chi connectivity index (χ4n) is 3.59. The van der Waals surface area contributed by atoms with Crippen molar-refractivity contribution < 1.29 is 14.3 Å². The molecule has 4 nitrogen and oxygen atoms in total. The van der Waals surface area contributed by atoms with Crippen molar-refractivity contribution in [1.29, 1.82) is 0 Å². The number of benzene rings is 3. The number of carbonyl (C=O) groups excluding carboxylic acids is 1. The Morgan fingerprint density at radius 1 is 1.00 bits per heavy atom. The van der Waals surface area contributed by atoms with Crippen LogP contribution >= 0.6 is 0 Å². The molecule has 0 radical (unpaired) electrons. The van der Waals surface area contributed by atoms with E-state index in [0.29, 0.717) is 13.1 Å². The predicted molar refractivity (Wildman–Crippen MR) is 114 cm³/mol. The highest BCUT2D eigenvalue weighted by molar-refractivity contribution is 5.76. The van der Waals surface area contributed by atoms with Crippen LogP contribution in [0.5, 0.6) is 0 Å². The minimum atomic E-state index is -0.293. The van der Waals surface area contributed by atoms with Crippen molar-refractivity contribution in [3.05, 3.63) is 101 Å². The first-order valence-corrected chi connectivity index (χ1v) is 9.61. The van der Waals surface area contributed by atoms with Gasteiger partial charge in [0.1, 0.15) is 6.61 Å². The van der Waals surface area contributed by atoms with E-state index in [9.17, 15) is 4.79 Å². The van der Waals surface area contributed by atoms with Gasteiger partial charge in [0.15, 0.2) is 0 Å². The molecule has 3 aromatic carbocycles. The Morgan fingerprint density at radius 3 is 2.45 bits per heavy atom. The maximum atomic E-state index is 12.7. The van der Waals surface area contributed by atoms with Crippen molar-refractivity contribution in [3.63, 3.8) is 0 Å². The molecule has 0 spiro atoms. The van der Waals surface area contributed by atoms with Gasteiger partial charge in [-0.2, -0.15) is 0 Å². The molecule has 0 saturated heterocycles. The summed E-state index contributed by atoms with van der Waals surface area (Å²) in [5, 5.41) is 0. The van der Waals surface area contributed by atoms with E-state index in [1.807, 2.05) is 54.6 Å². The number of carbonyl (C=O) groups is 1. The summed E-state index contributed by atoms with van der Waals surface area (Å²) in [6.07, 6.45) is 3.30. The third kappa shape index (κ3) is 4.32. The van der Waals surface area contributed by atoms with Gasteiger partial charge in [-0.15, -0.1) is 0 Å². The summed E-state index contributed by atoms with van der Waals surface area (Å²) in [6.45, 7) is 1.36. The molecule has 0 saturated carbocycles. The number of ether oxygens (including phenoxy) is 2. The highest BCUT2D eigenvalue weighted by Gasteiger charge is 2.27. The molecule has 1 amide bonds. The fourth-order valence-corrected chi connectivity index (χ4v) is 3.59. The Bertz CT molecular complexity index is 1010. The van der Waals surface area contributed by atoms with Gasteiger partial charge in [-0.25, -0.2) is 4.79 Å². The quantitative estimate of drug-likeness (QED) is 0.535. The molecule has 0 fully saturated rings. The normalized spacial score (nSPS) is 12.8. The van der Waals surface area contributed by atoms with Gasteiger partial charge in [0.05, 0.1) is 19.9 Å². The van der Waals surface area contributed by atoms with E-state index in [4.69, 9.17) is 9.47 Å². The summed E-state index contributed by atoms with van der Waals surface area (Å²) in [6, 6.07) is 24.2. The molecular formula is C25H23NO3. The zero-order chi connectivity index (χ0) is 20.1. The number of fused-ring (bicyclic) bond motifs is 1. The molecule has 146 valence electrons. The van der Waals surface area contributed by atoms with E-state index in [1.54, 1.807) is 18.3 Å². The average Bonchev–Trinajstić information content (AvgIpc) is 3.21. The predicted octanol–water partition coefficient (Wildman–Crippen LogP) is 5.62. The Hall–Kier alpha value is -3.53. The van der Waals surface area contributed by atoms with Crippen LogP contribution in [0.2, 0.25) is 0 Å². The highest BCUT2D eigenvalue weighted by Crippen LogP contribution is 2.34. The number of hydrogen-bond acceptors (Lipinski definition) is 3. The first-order chi connectivity index (χ1) is 14.2. The second-order valence-electron chi connectivity index (χ2n) is 7.01. The molecule has 1 aliphatic rings. The molecule has 0 bridgehead atoms. The largest absolute Gasteiger partial charge is 0.504 e. The van der Waals surface area contributed by atoms with Crippen LogP contribution in [0, 0.1) is 0 Å². The van der Waals surface area contributed by atoms with Crippen molar-refractivity contribution in [1.82, 2.24) is 4.90 Å². The Kier molecular flexibility index (Phi) is 5.61. The Balaban J connectivity index is 1.57. The average molecular weight is 385 g/mol. The lowest BCUT2D eigenvalue weighted by molar-refractivity contribution is 0.0955. The van der Waals surface area contributed by atoms with Gasteiger partial charge in [-0.1, -0.05) is 60.7 Å². The van der Waals surface area contributed by atoms with Crippen LogP contribution in [-0.2, 0) is 29.2 Å². The number of hydrogen-bond donors (Lipinski definition) is 0. The molecule has 0 unspecified atom stereocenters. The summed E-state index contributed by atoms with van der Waals surface area (Å²) in [5.74, 6) is 0. The van der Waals surface area contributed by atoms with Crippen molar-refractivity contribution in [2.45, 2.75) is 19.7 Å². The second kappa shape index (κ2) is 8.65. The molecule has 0 aromatic heterocycles. The Morgan fingerprint density at radius 2 is 1.72 bits per heavy atom. The second-order valence-corrected chi connectivity index (χ2v) is 7.01. The van der Waals surface area contributed by atoms with Gasteiger partial charge in [0.2, 0.25) is 0 Å². The van der Waals surface area contributed by atoms with Crippen LogP contribution in [0.4, 0.5) is 4.79 Å². The fraction of sp³-hybridized carbons (Fsp3) is 0.160. The topological polar surface area (TPSA) is 38.8 Å². The molecule has 29 heavy (non-hydrogen) atoms. The lowest BCUT2D eigenvalue weighted by Gasteiger charge is -2.15. The van der Waals surface area contributed by atoms with Gasteiger partial charge in [-0.3, -0.25) is 4.90 Å². The van der Waals surface area contributed by atoms with E-state index in [0.717, 1.165) is 27.8 Å². The summed E-state index contributed by atoms with van der Waals surface area (Å²) in [4.78, 5) is 14.4. The molecule has 0 atom stereocenters. The van der Waals surface area contributed by atoms with Gasteiger partial charge in [0.25, 0.3) is 0 Å². The highest BCUT2D eigenvalue weighted by atomic mass is 16.6. The standard InChI is InChI=1S/C25H23NO3/c1-28-13-12-20-14-22-16-26(25(27)29-18-19-8-4-2-5-9-19)17-24(22)23(15-20)21-10-6-3-7-11-21/h2-15H,16-18H2,1H3/b13-12+. The maximum Gasteiger partial charge on any atom is 0.410 e. The number of methoxy groups -OCH3 is 1. The molecule has 4 rings (SSSR count). The molecule has 3 aromatic rings. The van der Waals surface area contributed by atoms with E-state index in [2.05, 4.69) is 24.3 Å². The summed E-state index contributed by atoms with van der Waals surface area (Å²) < 4.78 is 10.6. The van der Waals surface area contributed by atoms with E-state index in [1.165, 1.54) is 5.56 Å². The van der Waals surface area contributed by atoms with Crippen LogP contribution in [-0.4, -0.2) is 18.1 Å². The third-order valence-corrected chi connectivity index (χ3v) is 5.02. The van der Waals surface area contributed by atoms with Crippen molar-refractivity contribution >= 4 is 12.2 Å². The lowest BCUT2D eigenvalue weighted by atomic mass is 9.94. The zero-order valence-corrected chi connectivity index (χ0v) is 16.4. The number of nitrogens with zero attached hydrogens (tertiary/aromatic N) is 1. The maximum absolute atomic E-state index is 12.7. The number of rotatable bonds is 5. The van der Waals surface area contributed by atoms with E-state index < -0.39 is 0 Å². The van der Waals surface area contributed by atoms with Gasteiger partial charge in [0, 0.05) is 6.54 Å². The van der Waals surface area contributed by atoms with Crippen molar-refractivity contribution in [2.24, 2.45) is 0 Å². The first-order valence-electron chi connectivity index (χ1n) is 9.61. The van der Waals surface area contributed by atoms with Crippen LogP contribution in [0.15, 0.2) is 79.1 Å². The molecule has 1 aliphatic heterocycles. The first kappa shape index (κ1) is 18.8. The van der Waals surface area contributed by atoms with Crippen molar-refractivity contribution in [2.75, 3.05) is 7.11 Å². The van der Waals surface area contributed by atoms with Gasteiger partial charge >= 0.3 is 6.09 Å². The van der Waals surface area contributed by atoms with E-state index in [-0.39, 0.29) is 12.7 Å². The van der Waals surface area contributed by atoms with E-state index >= 15 is 0 Å².